The van der Waals surface area contributed by atoms with Crippen molar-refractivity contribution in [2.24, 2.45) is 0 Å². The van der Waals surface area contributed by atoms with Crippen LogP contribution in [0.15, 0.2) is 36.5 Å². The number of amides is 3. The monoisotopic (exact) mass is 383 g/mol. The first-order valence-corrected chi connectivity index (χ1v) is 8.15. The van der Waals surface area contributed by atoms with Crippen LogP contribution in [0.4, 0.5) is 4.79 Å². The molecule has 124 valence electrons. The van der Waals surface area contributed by atoms with Gasteiger partial charge in [0.2, 0.25) is 0 Å². The molecule has 1 aromatic heterocycles. The summed E-state index contributed by atoms with van der Waals surface area (Å²) in [6.07, 6.45) is 1.52. The molecule has 1 fully saturated rings. The number of pyridine rings is 1. The normalized spacial score (nSPS) is 20.4. The molecule has 2 heterocycles. The van der Waals surface area contributed by atoms with Gasteiger partial charge in [-0.3, -0.25) is 9.69 Å². The Kier molecular flexibility index (Phi) is 4.42. The SMILES string of the molecule is CC1(c2ccc(Cl)cc2Cl)NC(=O)N(Cc2ccnc(Cl)c2)C1=O. The van der Waals surface area contributed by atoms with Crippen LogP contribution >= 0.6 is 34.8 Å². The highest BCUT2D eigenvalue weighted by molar-refractivity contribution is 6.35. The van der Waals surface area contributed by atoms with Crippen molar-refractivity contribution >= 4 is 46.7 Å². The fourth-order valence-electron chi connectivity index (χ4n) is 2.64. The van der Waals surface area contributed by atoms with Crippen LogP contribution in [-0.4, -0.2) is 21.8 Å². The van der Waals surface area contributed by atoms with Gasteiger partial charge in [0, 0.05) is 21.8 Å². The van der Waals surface area contributed by atoms with Crippen LogP contribution in [0.5, 0.6) is 0 Å². The second-order valence-electron chi connectivity index (χ2n) is 5.56. The summed E-state index contributed by atoms with van der Waals surface area (Å²) in [5.41, 5.74) is -0.0672. The van der Waals surface area contributed by atoms with Crippen molar-refractivity contribution in [3.63, 3.8) is 0 Å². The minimum atomic E-state index is -1.25. The van der Waals surface area contributed by atoms with Crippen LogP contribution < -0.4 is 5.32 Å². The van der Waals surface area contributed by atoms with Gasteiger partial charge < -0.3 is 5.32 Å². The van der Waals surface area contributed by atoms with Crippen molar-refractivity contribution < 1.29 is 9.59 Å². The number of rotatable bonds is 3. The van der Waals surface area contributed by atoms with Gasteiger partial charge in [0.05, 0.1) is 6.54 Å². The zero-order valence-electron chi connectivity index (χ0n) is 12.5. The van der Waals surface area contributed by atoms with E-state index in [2.05, 4.69) is 10.3 Å². The minimum Gasteiger partial charge on any atom is -0.319 e. The Morgan fingerprint density at radius 3 is 2.58 bits per heavy atom. The molecule has 0 radical (unpaired) electrons. The molecule has 3 amide bonds. The highest BCUT2D eigenvalue weighted by atomic mass is 35.5. The van der Waals surface area contributed by atoms with Crippen molar-refractivity contribution in [2.75, 3.05) is 0 Å². The summed E-state index contributed by atoms with van der Waals surface area (Å²) in [5, 5.41) is 3.76. The molecule has 0 bridgehead atoms. The summed E-state index contributed by atoms with van der Waals surface area (Å²) in [7, 11) is 0. The fourth-order valence-corrected chi connectivity index (χ4v) is 3.44. The number of halogens is 3. The number of carbonyl (C=O) groups is 2. The standard InChI is InChI=1S/C16H12Cl3N3O2/c1-16(11-3-2-10(17)7-12(11)18)14(23)22(15(24)21-16)8-9-4-5-20-13(19)6-9/h2-7H,8H2,1H3,(H,21,24). The van der Waals surface area contributed by atoms with E-state index in [9.17, 15) is 9.59 Å². The first-order chi connectivity index (χ1) is 11.3. The van der Waals surface area contributed by atoms with Gasteiger partial charge in [0.1, 0.15) is 10.7 Å². The Labute approximate surface area is 153 Å². The van der Waals surface area contributed by atoms with Gasteiger partial charge >= 0.3 is 6.03 Å². The second kappa shape index (κ2) is 6.24. The van der Waals surface area contributed by atoms with Crippen LogP contribution in [0.2, 0.25) is 15.2 Å². The number of hydrogen-bond donors (Lipinski definition) is 1. The third kappa shape index (κ3) is 2.95. The Morgan fingerprint density at radius 2 is 1.92 bits per heavy atom. The molecular formula is C16H12Cl3N3O2. The molecule has 0 saturated carbocycles. The molecule has 1 saturated heterocycles. The zero-order valence-corrected chi connectivity index (χ0v) is 14.8. The largest absolute Gasteiger partial charge is 0.325 e. The molecule has 1 aromatic carbocycles. The topological polar surface area (TPSA) is 62.3 Å². The van der Waals surface area contributed by atoms with Crippen molar-refractivity contribution in [1.29, 1.82) is 0 Å². The molecule has 8 heteroatoms. The summed E-state index contributed by atoms with van der Waals surface area (Å²) >= 11 is 18.0. The van der Waals surface area contributed by atoms with E-state index in [0.717, 1.165) is 4.90 Å². The maximum Gasteiger partial charge on any atom is 0.325 e. The highest BCUT2D eigenvalue weighted by Gasteiger charge is 2.49. The summed E-state index contributed by atoms with van der Waals surface area (Å²) in [6.45, 7) is 1.70. The maximum atomic E-state index is 12.9. The number of carbonyl (C=O) groups excluding carboxylic acids is 2. The third-order valence-electron chi connectivity index (χ3n) is 3.88. The number of hydrogen-bond acceptors (Lipinski definition) is 3. The van der Waals surface area contributed by atoms with Crippen LogP contribution in [0.3, 0.4) is 0 Å². The molecule has 1 aliphatic rings. The third-order valence-corrected chi connectivity index (χ3v) is 4.63. The Balaban J connectivity index is 1.93. The summed E-state index contributed by atoms with van der Waals surface area (Å²) in [5.74, 6) is -0.398. The molecule has 3 rings (SSSR count). The van der Waals surface area contributed by atoms with E-state index < -0.39 is 17.5 Å². The van der Waals surface area contributed by atoms with Crippen molar-refractivity contribution in [3.05, 3.63) is 62.9 Å². The van der Waals surface area contributed by atoms with Crippen molar-refractivity contribution in [3.8, 4) is 0 Å². The fraction of sp³-hybridized carbons (Fsp3) is 0.188. The molecular weight excluding hydrogens is 373 g/mol. The molecule has 5 nitrogen and oxygen atoms in total. The first kappa shape index (κ1) is 17.0. The van der Waals surface area contributed by atoms with Gasteiger partial charge in [-0.05, 0) is 36.8 Å². The quantitative estimate of drug-likeness (QED) is 0.642. The minimum absolute atomic E-state index is 0.0910. The smallest absolute Gasteiger partial charge is 0.319 e. The van der Waals surface area contributed by atoms with Gasteiger partial charge in [0.25, 0.3) is 5.91 Å². The first-order valence-electron chi connectivity index (χ1n) is 7.01. The van der Waals surface area contributed by atoms with E-state index >= 15 is 0 Å². The summed E-state index contributed by atoms with van der Waals surface area (Å²) < 4.78 is 0. The average molecular weight is 385 g/mol. The van der Waals surface area contributed by atoms with Gasteiger partial charge in [-0.25, -0.2) is 9.78 Å². The van der Waals surface area contributed by atoms with Crippen LogP contribution in [-0.2, 0) is 16.9 Å². The average Bonchev–Trinajstić information content (AvgIpc) is 2.71. The van der Waals surface area contributed by atoms with E-state index in [1.54, 1.807) is 31.2 Å². The lowest BCUT2D eigenvalue weighted by Crippen LogP contribution is -2.41. The molecule has 2 aromatic rings. The number of aromatic nitrogens is 1. The Hall–Kier alpha value is -1.82. The Morgan fingerprint density at radius 1 is 1.17 bits per heavy atom. The number of benzene rings is 1. The Bertz CT molecular complexity index is 843. The lowest BCUT2D eigenvalue weighted by atomic mass is 9.92. The predicted molar refractivity (Wildman–Crippen MR) is 92.1 cm³/mol. The molecule has 1 atom stereocenters. The van der Waals surface area contributed by atoms with E-state index in [1.165, 1.54) is 12.3 Å². The lowest BCUT2D eigenvalue weighted by molar-refractivity contribution is -0.131. The second-order valence-corrected chi connectivity index (χ2v) is 6.79. The van der Waals surface area contributed by atoms with E-state index in [4.69, 9.17) is 34.8 Å². The highest BCUT2D eigenvalue weighted by Crippen LogP contribution is 2.35. The van der Waals surface area contributed by atoms with Gasteiger partial charge in [-0.2, -0.15) is 0 Å². The van der Waals surface area contributed by atoms with Gasteiger partial charge in [0.15, 0.2) is 0 Å². The maximum absolute atomic E-state index is 12.9. The van der Waals surface area contributed by atoms with Crippen LogP contribution in [0.1, 0.15) is 18.1 Å². The number of urea groups is 1. The summed E-state index contributed by atoms with van der Waals surface area (Å²) in [6, 6.07) is 7.59. The predicted octanol–water partition coefficient (Wildman–Crippen LogP) is 4.01. The van der Waals surface area contributed by atoms with Crippen LogP contribution in [0.25, 0.3) is 0 Å². The molecule has 24 heavy (non-hydrogen) atoms. The molecule has 1 unspecified atom stereocenters. The molecule has 0 aliphatic carbocycles. The number of nitrogens with one attached hydrogen (secondary N) is 1. The van der Waals surface area contributed by atoms with Gasteiger partial charge in [-0.15, -0.1) is 0 Å². The van der Waals surface area contributed by atoms with Crippen molar-refractivity contribution in [1.82, 2.24) is 15.2 Å². The van der Waals surface area contributed by atoms with E-state index in [-0.39, 0.29) is 6.54 Å². The van der Waals surface area contributed by atoms with Crippen LogP contribution in [0, 0.1) is 0 Å². The molecule has 1 aliphatic heterocycles. The lowest BCUT2D eigenvalue weighted by Gasteiger charge is -2.23. The van der Waals surface area contributed by atoms with Gasteiger partial charge in [-0.1, -0.05) is 40.9 Å². The molecule has 0 spiro atoms. The molecule has 1 N–H and O–H groups in total. The number of nitrogens with zero attached hydrogens (tertiary/aromatic N) is 2. The van der Waals surface area contributed by atoms with Crippen molar-refractivity contribution in [2.45, 2.75) is 19.0 Å². The summed E-state index contributed by atoms with van der Waals surface area (Å²) in [4.78, 5) is 30.2. The van der Waals surface area contributed by atoms with E-state index in [1.807, 2.05) is 0 Å². The number of imide groups is 1. The zero-order chi connectivity index (χ0) is 17.5. The van der Waals surface area contributed by atoms with E-state index in [0.29, 0.717) is 26.3 Å².